The number of fused-ring (bicyclic) bond motifs is 2. The molecule has 1 aliphatic heterocycles. The van der Waals surface area contributed by atoms with Gasteiger partial charge in [0.05, 0.1) is 24.4 Å². The summed E-state index contributed by atoms with van der Waals surface area (Å²) in [7, 11) is 6.52. The van der Waals surface area contributed by atoms with Crippen molar-refractivity contribution in [2.24, 2.45) is 0 Å². The average molecular weight is 514 g/mol. The van der Waals surface area contributed by atoms with Gasteiger partial charge in [0, 0.05) is 59.9 Å². The highest BCUT2D eigenvalue weighted by molar-refractivity contribution is 7.88. The van der Waals surface area contributed by atoms with Crippen molar-refractivity contribution in [1.82, 2.24) is 14.9 Å². The van der Waals surface area contributed by atoms with Gasteiger partial charge in [-0.15, -0.1) is 0 Å². The van der Waals surface area contributed by atoms with Crippen molar-refractivity contribution in [3.05, 3.63) is 64.2 Å². The van der Waals surface area contributed by atoms with Gasteiger partial charge in [0.25, 0.3) is 0 Å². The fourth-order valence-electron chi connectivity index (χ4n) is 4.30. The SMILES string of the molecule is COc1nc2c(c(N(C)CCS(=O)/C=C/CN(C)C)n1)CCN(c1cccc3cccc(Cl)c13)C2. The van der Waals surface area contributed by atoms with Crippen molar-refractivity contribution in [3.8, 4) is 6.01 Å². The van der Waals surface area contributed by atoms with Gasteiger partial charge in [-0.2, -0.15) is 9.97 Å². The zero-order chi connectivity index (χ0) is 24.9. The van der Waals surface area contributed by atoms with Gasteiger partial charge in [-0.05, 0) is 43.4 Å². The minimum atomic E-state index is -1.03. The summed E-state index contributed by atoms with van der Waals surface area (Å²) >= 11 is 6.59. The zero-order valence-electron chi connectivity index (χ0n) is 20.7. The molecule has 0 saturated heterocycles. The molecule has 0 radical (unpaired) electrons. The number of hydrogen-bond acceptors (Lipinski definition) is 7. The smallest absolute Gasteiger partial charge is 0.318 e. The lowest BCUT2D eigenvalue weighted by Crippen LogP contribution is -2.34. The third-order valence-corrected chi connectivity index (χ3v) is 7.48. The van der Waals surface area contributed by atoms with Crippen LogP contribution in [0.1, 0.15) is 11.3 Å². The van der Waals surface area contributed by atoms with Gasteiger partial charge < -0.3 is 19.4 Å². The number of halogens is 1. The molecule has 0 bridgehead atoms. The van der Waals surface area contributed by atoms with Crippen molar-refractivity contribution < 1.29 is 8.95 Å². The minimum absolute atomic E-state index is 0.343. The third-order valence-electron chi connectivity index (χ3n) is 6.09. The summed E-state index contributed by atoms with van der Waals surface area (Å²) in [5.41, 5.74) is 3.16. The van der Waals surface area contributed by atoms with Gasteiger partial charge in [0.15, 0.2) is 0 Å². The van der Waals surface area contributed by atoms with Crippen LogP contribution in [0, 0.1) is 0 Å². The average Bonchev–Trinajstić information content (AvgIpc) is 2.85. The van der Waals surface area contributed by atoms with Crippen molar-refractivity contribution >= 4 is 44.7 Å². The normalized spacial score (nSPS) is 14.5. The van der Waals surface area contributed by atoms with Gasteiger partial charge in [-0.3, -0.25) is 4.21 Å². The van der Waals surface area contributed by atoms with Gasteiger partial charge in [-0.1, -0.05) is 41.9 Å². The van der Waals surface area contributed by atoms with Crippen LogP contribution in [0.25, 0.3) is 10.8 Å². The maximum Gasteiger partial charge on any atom is 0.318 e. The maximum atomic E-state index is 12.4. The molecule has 1 atom stereocenters. The molecule has 3 aromatic rings. The maximum absolute atomic E-state index is 12.4. The van der Waals surface area contributed by atoms with Crippen molar-refractivity contribution in [1.29, 1.82) is 0 Å². The van der Waals surface area contributed by atoms with E-state index in [-0.39, 0.29) is 0 Å². The zero-order valence-corrected chi connectivity index (χ0v) is 22.3. The van der Waals surface area contributed by atoms with Crippen LogP contribution >= 0.6 is 11.6 Å². The predicted octanol–water partition coefficient (Wildman–Crippen LogP) is 4.11. The Kier molecular flexibility index (Phi) is 8.26. The summed E-state index contributed by atoms with van der Waals surface area (Å²) in [4.78, 5) is 15.8. The van der Waals surface area contributed by atoms with Gasteiger partial charge in [0.1, 0.15) is 5.82 Å². The van der Waals surface area contributed by atoms with Crippen LogP contribution in [0.4, 0.5) is 11.5 Å². The van der Waals surface area contributed by atoms with E-state index in [4.69, 9.17) is 21.3 Å². The Labute approximate surface area is 214 Å². The first-order chi connectivity index (χ1) is 16.9. The molecule has 1 unspecified atom stereocenters. The molecule has 186 valence electrons. The van der Waals surface area contributed by atoms with Crippen LogP contribution in [0.5, 0.6) is 6.01 Å². The Morgan fingerprint density at radius 3 is 2.69 bits per heavy atom. The lowest BCUT2D eigenvalue weighted by molar-refractivity contribution is 0.376. The molecule has 1 aliphatic rings. The van der Waals surface area contributed by atoms with E-state index in [1.54, 1.807) is 12.5 Å². The van der Waals surface area contributed by atoms with E-state index < -0.39 is 10.8 Å². The number of likely N-dealkylation sites (N-methyl/N-ethyl adjacent to an activating group) is 1. The molecular weight excluding hydrogens is 482 g/mol. The Morgan fingerprint density at radius 1 is 1.17 bits per heavy atom. The van der Waals surface area contributed by atoms with E-state index in [9.17, 15) is 4.21 Å². The summed E-state index contributed by atoms with van der Waals surface area (Å²) < 4.78 is 17.8. The van der Waals surface area contributed by atoms with Gasteiger partial charge in [-0.25, -0.2) is 0 Å². The largest absolute Gasteiger partial charge is 0.467 e. The Hall–Kier alpha value is -2.68. The van der Waals surface area contributed by atoms with Crippen LogP contribution < -0.4 is 14.5 Å². The number of nitrogens with zero attached hydrogens (tertiary/aromatic N) is 5. The summed E-state index contributed by atoms with van der Waals surface area (Å²) in [6.07, 6.45) is 2.74. The topological polar surface area (TPSA) is 61.8 Å². The fraction of sp³-hybridized carbons (Fsp3) is 0.385. The lowest BCUT2D eigenvalue weighted by atomic mass is 10.0. The Morgan fingerprint density at radius 2 is 1.94 bits per heavy atom. The molecule has 0 amide bonds. The molecular formula is C26H32ClN5O2S. The van der Waals surface area contributed by atoms with Crippen LogP contribution in [0.15, 0.2) is 47.9 Å². The number of methoxy groups -OCH3 is 1. The molecule has 7 nitrogen and oxygen atoms in total. The molecule has 2 aromatic carbocycles. The molecule has 0 saturated carbocycles. The second-order valence-corrected chi connectivity index (χ2v) is 10.7. The molecule has 9 heteroatoms. The first kappa shape index (κ1) is 25.4. The van der Waals surface area contributed by atoms with E-state index in [0.717, 1.165) is 58.1 Å². The molecule has 35 heavy (non-hydrogen) atoms. The van der Waals surface area contributed by atoms with Crippen LogP contribution in [0.2, 0.25) is 5.02 Å². The second kappa shape index (κ2) is 11.4. The fourth-order valence-corrected chi connectivity index (χ4v) is 5.47. The number of ether oxygens (including phenoxy) is 1. The number of anilines is 2. The van der Waals surface area contributed by atoms with Gasteiger partial charge in [0.2, 0.25) is 0 Å². The highest BCUT2D eigenvalue weighted by Crippen LogP contribution is 2.36. The molecule has 0 aliphatic carbocycles. The number of hydrogen-bond donors (Lipinski definition) is 0. The molecule has 2 heterocycles. The molecule has 0 fully saturated rings. The third kappa shape index (κ3) is 5.94. The van der Waals surface area contributed by atoms with E-state index >= 15 is 0 Å². The van der Waals surface area contributed by atoms with Crippen molar-refractivity contribution in [3.63, 3.8) is 0 Å². The van der Waals surface area contributed by atoms with Gasteiger partial charge >= 0.3 is 6.01 Å². The number of benzene rings is 2. The standard InChI is InChI=1S/C26H32ClN5O2S/c1-30(2)13-7-16-35(33)17-15-31(3)25-20-12-14-32(18-22(20)28-26(29-25)34-4)23-11-6-9-19-8-5-10-21(27)24(19)23/h5-11,16H,12-15,17-18H2,1-4H3/b16-7+. The quantitative estimate of drug-likeness (QED) is 0.426. The highest BCUT2D eigenvalue weighted by atomic mass is 35.5. The Bertz CT molecular complexity index is 1240. The predicted molar refractivity (Wildman–Crippen MR) is 146 cm³/mol. The monoisotopic (exact) mass is 513 g/mol. The molecule has 4 rings (SSSR count). The molecule has 0 N–H and O–H groups in total. The van der Waals surface area contributed by atoms with Crippen LogP contribution in [0.3, 0.4) is 0 Å². The highest BCUT2D eigenvalue weighted by Gasteiger charge is 2.26. The van der Waals surface area contributed by atoms with E-state index in [0.29, 0.717) is 24.9 Å². The first-order valence-electron chi connectivity index (χ1n) is 11.6. The van der Waals surface area contributed by atoms with E-state index in [1.807, 2.05) is 44.3 Å². The van der Waals surface area contributed by atoms with E-state index in [2.05, 4.69) is 39.0 Å². The summed E-state index contributed by atoms with van der Waals surface area (Å²) in [5, 5.41) is 4.70. The molecule has 1 aromatic heterocycles. The number of aromatic nitrogens is 2. The van der Waals surface area contributed by atoms with Crippen molar-refractivity contribution in [2.45, 2.75) is 13.0 Å². The second-order valence-electron chi connectivity index (χ2n) is 8.89. The lowest BCUT2D eigenvalue weighted by Gasteiger charge is -2.33. The Balaban J connectivity index is 1.56. The van der Waals surface area contributed by atoms with Crippen LogP contribution in [-0.4, -0.2) is 72.7 Å². The molecule has 0 spiro atoms. The summed E-state index contributed by atoms with van der Waals surface area (Å²) in [5.74, 6) is 1.37. The first-order valence-corrected chi connectivity index (χ1v) is 13.4. The summed E-state index contributed by atoms with van der Waals surface area (Å²) in [6.45, 7) is 2.86. The number of rotatable bonds is 9. The van der Waals surface area contributed by atoms with E-state index in [1.165, 1.54) is 0 Å². The van der Waals surface area contributed by atoms with Crippen molar-refractivity contribution in [2.75, 3.05) is 63.4 Å². The minimum Gasteiger partial charge on any atom is -0.467 e. The summed E-state index contributed by atoms with van der Waals surface area (Å²) in [6, 6.07) is 12.6. The van der Waals surface area contributed by atoms with Crippen LogP contribution in [-0.2, 0) is 23.8 Å².